The highest BCUT2D eigenvalue weighted by Gasteiger charge is 2.32. The van der Waals surface area contributed by atoms with E-state index in [0.717, 1.165) is 12.8 Å². The first-order valence-corrected chi connectivity index (χ1v) is 8.61. The molecule has 2 heterocycles. The summed E-state index contributed by atoms with van der Waals surface area (Å²) in [5.74, 6) is 0.373. The Bertz CT molecular complexity index is 740. The molecule has 1 aromatic heterocycles. The first kappa shape index (κ1) is 14.4. The third kappa shape index (κ3) is 2.66. The Hall–Kier alpha value is -1.50. The van der Waals surface area contributed by atoms with E-state index in [2.05, 4.69) is 4.98 Å². The fourth-order valence-corrected chi connectivity index (χ4v) is 4.66. The number of aromatic nitrogens is 1. The van der Waals surface area contributed by atoms with Crippen molar-refractivity contribution in [1.82, 2.24) is 9.29 Å². The van der Waals surface area contributed by atoms with Crippen molar-refractivity contribution in [2.75, 3.05) is 19.6 Å². The molecular formula is C15H19N3O2S. The van der Waals surface area contributed by atoms with Crippen LogP contribution in [-0.2, 0) is 10.0 Å². The summed E-state index contributed by atoms with van der Waals surface area (Å²) in [4.78, 5) is 4.58. The Balaban J connectivity index is 1.98. The molecule has 0 saturated carbocycles. The van der Waals surface area contributed by atoms with Crippen molar-refractivity contribution >= 4 is 20.9 Å². The molecule has 6 heteroatoms. The van der Waals surface area contributed by atoms with Gasteiger partial charge >= 0.3 is 0 Å². The smallest absolute Gasteiger partial charge is 0.243 e. The Morgan fingerprint density at radius 1 is 1.29 bits per heavy atom. The molecule has 0 bridgehead atoms. The summed E-state index contributed by atoms with van der Waals surface area (Å²) in [6.45, 7) is 1.75. The lowest BCUT2D eigenvalue weighted by Crippen LogP contribution is -2.29. The zero-order valence-corrected chi connectivity index (χ0v) is 12.6. The molecule has 2 aromatic rings. The van der Waals surface area contributed by atoms with Gasteiger partial charge in [0.05, 0.1) is 10.4 Å². The quantitative estimate of drug-likeness (QED) is 0.930. The number of fused-ring (bicyclic) bond motifs is 1. The third-order valence-electron chi connectivity index (χ3n) is 4.05. The van der Waals surface area contributed by atoms with Crippen LogP contribution in [0.3, 0.4) is 0 Å². The largest absolute Gasteiger partial charge is 0.330 e. The Labute approximate surface area is 124 Å². The standard InChI is InChI=1S/C15H19N3O2S/c16-8-6-12-7-10-18(11-12)21(19,20)15-5-1-4-14-13(15)3-2-9-17-14/h1-5,9,12H,6-8,10-11,16H2. The van der Waals surface area contributed by atoms with Gasteiger partial charge in [-0.2, -0.15) is 4.31 Å². The lowest BCUT2D eigenvalue weighted by atomic mass is 10.1. The number of hydrogen-bond acceptors (Lipinski definition) is 4. The minimum absolute atomic E-state index is 0.349. The molecule has 0 spiro atoms. The lowest BCUT2D eigenvalue weighted by molar-refractivity contribution is 0.449. The SMILES string of the molecule is NCCC1CCN(S(=O)(=O)c2cccc3ncccc23)C1. The Kier molecular flexibility index (Phi) is 3.93. The number of hydrogen-bond donors (Lipinski definition) is 1. The fraction of sp³-hybridized carbons (Fsp3) is 0.400. The van der Waals surface area contributed by atoms with Gasteiger partial charge in [0, 0.05) is 24.7 Å². The molecule has 1 fully saturated rings. The number of sulfonamides is 1. The zero-order chi connectivity index (χ0) is 14.9. The normalized spacial score (nSPS) is 20.1. The van der Waals surface area contributed by atoms with E-state index in [0.29, 0.717) is 41.4 Å². The molecule has 3 rings (SSSR count). The van der Waals surface area contributed by atoms with Gasteiger partial charge in [-0.05, 0) is 49.6 Å². The van der Waals surface area contributed by atoms with Crippen molar-refractivity contribution in [2.45, 2.75) is 17.7 Å². The van der Waals surface area contributed by atoms with Crippen LogP contribution in [0.4, 0.5) is 0 Å². The molecule has 1 aliphatic rings. The molecule has 5 nitrogen and oxygen atoms in total. The minimum atomic E-state index is -3.46. The second-order valence-electron chi connectivity index (χ2n) is 5.42. The van der Waals surface area contributed by atoms with Gasteiger partial charge in [0.2, 0.25) is 10.0 Å². The van der Waals surface area contributed by atoms with Gasteiger partial charge in [-0.3, -0.25) is 4.98 Å². The van der Waals surface area contributed by atoms with Gasteiger partial charge in [0.1, 0.15) is 0 Å². The van der Waals surface area contributed by atoms with Gasteiger partial charge in [0.15, 0.2) is 0 Å². The molecule has 0 amide bonds. The molecule has 1 aliphatic heterocycles. The summed E-state index contributed by atoms with van der Waals surface area (Å²) < 4.78 is 27.3. The Morgan fingerprint density at radius 3 is 2.95 bits per heavy atom. The summed E-state index contributed by atoms with van der Waals surface area (Å²) in [5, 5.41) is 0.683. The van der Waals surface area contributed by atoms with E-state index >= 15 is 0 Å². The van der Waals surface area contributed by atoms with Crippen LogP contribution in [0.25, 0.3) is 10.9 Å². The molecule has 2 N–H and O–H groups in total. The highest BCUT2D eigenvalue weighted by atomic mass is 32.2. The molecule has 0 aliphatic carbocycles. The predicted octanol–water partition coefficient (Wildman–Crippen LogP) is 1.59. The molecule has 1 saturated heterocycles. The fourth-order valence-electron chi connectivity index (χ4n) is 2.93. The Morgan fingerprint density at radius 2 is 2.14 bits per heavy atom. The summed E-state index contributed by atoms with van der Waals surface area (Å²) in [6.07, 6.45) is 3.44. The molecule has 1 unspecified atom stereocenters. The van der Waals surface area contributed by atoms with E-state index in [4.69, 9.17) is 5.73 Å². The van der Waals surface area contributed by atoms with Crippen molar-refractivity contribution in [2.24, 2.45) is 11.7 Å². The summed E-state index contributed by atoms with van der Waals surface area (Å²) in [5.41, 5.74) is 6.28. The van der Waals surface area contributed by atoms with E-state index in [1.54, 1.807) is 28.7 Å². The molecular weight excluding hydrogens is 286 g/mol. The van der Waals surface area contributed by atoms with Crippen molar-refractivity contribution in [3.8, 4) is 0 Å². The van der Waals surface area contributed by atoms with Crippen LogP contribution in [0.15, 0.2) is 41.4 Å². The van der Waals surface area contributed by atoms with Gasteiger partial charge < -0.3 is 5.73 Å². The second-order valence-corrected chi connectivity index (χ2v) is 7.33. The summed E-state index contributed by atoms with van der Waals surface area (Å²) in [6, 6.07) is 8.81. The van der Waals surface area contributed by atoms with Crippen molar-refractivity contribution in [3.05, 3.63) is 36.5 Å². The van der Waals surface area contributed by atoms with Crippen molar-refractivity contribution < 1.29 is 8.42 Å². The summed E-state index contributed by atoms with van der Waals surface area (Å²) >= 11 is 0. The number of pyridine rings is 1. The van der Waals surface area contributed by atoms with Crippen LogP contribution in [0.1, 0.15) is 12.8 Å². The van der Waals surface area contributed by atoms with Gasteiger partial charge in [-0.15, -0.1) is 0 Å². The first-order chi connectivity index (χ1) is 10.1. The van der Waals surface area contributed by atoms with Crippen LogP contribution in [-0.4, -0.2) is 37.3 Å². The molecule has 1 atom stereocenters. The van der Waals surface area contributed by atoms with Crippen LogP contribution >= 0.6 is 0 Å². The highest BCUT2D eigenvalue weighted by molar-refractivity contribution is 7.89. The van der Waals surface area contributed by atoms with Gasteiger partial charge in [0.25, 0.3) is 0 Å². The van der Waals surface area contributed by atoms with E-state index < -0.39 is 10.0 Å². The number of nitrogens with zero attached hydrogens (tertiary/aromatic N) is 2. The molecule has 112 valence electrons. The van der Waals surface area contributed by atoms with Crippen molar-refractivity contribution in [1.29, 1.82) is 0 Å². The number of rotatable bonds is 4. The maximum atomic E-state index is 12.9. The van der Waals surface area contributed by atoms with Crippen LogP contribution in [0.5, 0.6) is 0 Å². The van der Waals surface area contributed by atoms with E-state index in [1.165, 1.54) is 0 Å². The molecule has 0 radical (unpaired) electrons. The lowest BCUT2D eigenvalue weighted by Gasteiger charge is -2.17. The topological polar surface area (TPSA) is 76.3 Å². The molecule has 21 heavy (non-hydrogen) atoms. The van der Waals surface area contributed by atoms with Gasteiger partial charge in [-0.1, -0.05) is 6.07 Å². The first-order valence-electron chi connectivity index (χ1n) is 7.17. The van der Waals surface area contributed by atoms with Crippen LogP contribution < -0.4 is 5.73 Å². The third-order valence-corrected chi connectivity index (χ3v) is 5.97. The van der Waals surface area contributed by atoms with E-state index in [1.807, 2.05) is 12.1 Å². The molecule has 1 aromatic carbocycles. The average Bonchev–Trinajstić information content (AvgIpc) is 2.96. The monoisotopic (exact) mass is 305 g/mol. The maximum Gasteiger partial charge on any atom is 0.243 e. The van der Waals surface area contributed by atoms with E-state index in [-0.39, 0.29) is 0 Å². The van der Waals surface area contributed by atoms with Crippen LogP contribution in [0.2, 0.25) is 0 Å². The predicted molar refractivity (Wildman–Crippen MR) is 82.3 cm³/mol. The number of nitrogens with two attached hydrogens (primary N) is 1. The van der Waals surface area contributed by atoms with Gasteiger partial charge in [-0.25, -0.2) is 8.42 Å². The summed E-state index contributed by atoms with van der Waals surface area (Å²) in [7, 11) is -3.46. The second kappa shape index (κ2) is 5.71. The maximum absolute atomic E-state index is 12.9. The van der Waals surface area contributed by atoms with Crippen LogP contribution in [0, 0.1) is 5.92 Å². The number of benzene rings is 1. The van der Waals surface area contributed by atoms with Crippen molar-refractivity contribution in [3.63, 3.8) is 0 Å². The van der Waals surface area contributed by atoms with E-state index in [9.17, 15) is 8.42 Å². The average molecular weight is 305 g/mol. The highest BCUT2D eigenvalue weighted by Crippen LogP contribution is 2.29. The minimum Gasteiger partial charge on any atom is -0.330 e. The zero-order valence-electron chi connectivity index (χ0n) is 11.8.